The van der Waals surface area contributed by atoms with E-state index >= 15 is 0 Å². The van der Waals surface area contributed by atoms with Gasteiger partial charge in [-0.3, -0.25) is 14.4 Å². The van der Waals surface area contributed by atoms with Gasteiger partial charge in [0.15, 0.2) is 22.9 Å². The number of aliphatic hydroxyl groups excluding tert-OH is 2. The molecule has 1 aliphatic heterocycles. The molecule has 0 aromatic heterocycles. The fourth-order valence-electron chi connectivity index (χ4n) is 6.67. The van der Waals surface area contributed by atoms with Crippen molar-refractivity contribution in [1.82, 2.24) is 0 Å². The first kappa shape index (κ1) is 24.3. The number of ether oxygens (including phenoxy) is 3. The number of phenols is 1. The molecule has 38 heavy (non-hydrogen) atoms. The molecule has 0 radical (unpaired) electrons. The van der Waals surface area contributed by atoms with E-state index in [1.807, 2.05) is 0 Å². The number of hydrogen-bond acceptors (Lipinski definition) is 10. The summed E-state index contributed by atoms with van der Waals surface area (Å²) >= 11 is 0. The van der Waals surface area contributed by atoms with Crippen molar-refractivity contribution in [3.8, 4) is 34.1 Å². The quantitative estimate of drug-likeness (QED) is 0.366. The van der Waals surface area contributed by atoms with Crippen LogP contribution in [0.2, 0.25) is 0 Å². The summed E-state index contributed by atoms with van der Waals surface area (Å²) in [6, 6.07) is 6.48. The number of benzene rings is 2. The number of rotatable bonds is 3. The van der Waals surface area contributed by atoms with Crippen LogP contribution < -0.4 is 19.9 Å². The molecule has 1 heterocycles. The minimum atomic E-state index is -2.68. The minimum Gasteiger partial charge on any atom is -0.507 e. The predicted molar refractivity (Wildman–Crippen MR) is 129 cm³/mol. The van der Waals surface area contributed by atoms with E-state index in [0.717, 1.165) is 0 Å². The van der Waals surface area contributed by atoms with E-state index in [4.69, 9.17) is 19.9 Å². The first-order valence-corrected chi connectivity index (χ1v) is 12.1. The number of amides is 1. The molecule has 198 valence electrons. The van der Waals surface area contributed by atoms with Gasteiger partial charge in [0.2, 0.25) is 17.4 Å². The molecule has 6 rings (SSSR count). The zero-order valence-corrected chi connectivity index (χ0v) is 20.4. The van der Waals surface area contributed by atoms with E-state index in [9.17, 15) is 34.8 Å². The third-order valence-corrected chi connectivity index (χ3v) is 8.37. The van der Waals surface area contributed by atoms with Gasteiger partial charge in [0, 0.05) is 28.5 Å². The summed E-state index contributed by atoms with van der Waals surface area (Å²) in [5, 5.41) is 44.1. The Bertz CT molecular complexity index is 1480. The zero-order chi connectivity index (χ0) is 27.3. The maximum absolute atomic E-state index is 13.9. The van der Waals surface area contributed by atoms with Gasteiger partial charge in [-0.05, 0) is 36.6 Å². The van der Waals surface area contributed by atoms with Gasteiger partial charge in [0.25, 0.3) is 0 Å². The van der Waals surface area contributed by atoms with E-state index < -0.39 is 58.8 Å². The number of aromatic hydroxyl groups is 1. The number of ketones is 2. The van der Waals surface area contributed by atoms with Gasteiger partial charge in [0.05, 0.1) is 25.9 Å². The van der Waals surface area contributed by atoms with Crippen molar-refractivity contribution in [2.45, 2.75) is 30.7 Å². The third kappa shape index (κ3) is 2.82. The number of methoxy groups -OCH3 is 2. The van der Waals surface area contributed by atoms with Gasteiger partial charge in [-0.2, -0.15) is 0 Å². The number of primary amides is 1. The molecule has 1 amide bonds. The lowest BCUT2D eigenvalue weighted by Gasteiger charge is -2.50. The highest BCUT2D eigenvalue weighted by atomic mass is 16.5. The normalized spacial score (nSPS) is 30.9. The lowest BCUT2D eigenvalue weighted by molar-refractivity contribution is -0.176. The average Bonchev–Trinajstić information content (AvgIpc) is 2.88. The number of fused-ring (bicyclic) bond motifs is 5. The van der Waals surface area contributed by atoms with Gasteiger partial charge in [-0.25, -0.2) is 0 Å². The Labute approximate surface area is 216 Å². The van der Waals surface area contributed by atoms with Crippen molar-refractivity contribution in [2.75, 3.05) is 14.2 Å². The van der Waals surface area contributed by atoms with Crippen LogP contribution in [0.5, 0.6) is 23.0 Å². The Balaban J connectivity index is 1.58. The van der Waals surface area contributed by atoms with Gasteiger partial charge < -0.3 is 40.4 Å². The summed E-state index contributed by atoms with van der Waals surface area (Å²) in [5.41, 5.74) is 3.94. The van der Waals surface area contributed by atoms with Crippen molar-refractivity contribution >= 4 is 23.2 Å². The number of phenolic OH excluding ortho intramolecular Hbond substituents is 1. The third-order valence-electron chi connectivity index (χ3n) is 8.37. The second-order valence-electron chi connectivity index (χ2n) is 10.1. The number of hydrogen-bond donors (Lipinski definition) is 5. The first-order chi connectivity index (χ1) is 18.1. The first-order valence-electron chi connectivity index (χ1n) is 12.1. The molecule has 2 fully saturated rings. The number of aliphatic hydroxyl groups is 3. The van der Waals surface area contributed by atoms with Crippen molar-refractivity contribution in [3.63, 3.8) is 0 Å². The maximum Gasteiger partial charge on any atom is 0.230 e. The Hall–Kier alpha value is -4.09. The smallest absolute Gasteiger partial charge is 0.230 e. The molecule has 2 aromatic rings. The zero-order valence-electron chi connectivity index (χ0n) is 20.4. The van der Waals surface area contributed by atoms with Gasteiger partial charge in [-0.15, -0.1) is 0 Å². The molecule has 2 saturated carbocycles. The lowest BCUT2D eigenvalue weighted by Crippen LogP contribution is -2.67. The van der Waals surface area contributed by atoms with Gasteiger partial charge >= 0.3 is 0 Å². The molecule has 2 aromatic carbocycles. The maximum atomic E-state index is 13.9. The Morgan fingerprint density at radius 3 is 2.45 bits per heavy atom. The lowest BCUT2D eigenvalue weighted by atomic mass is 9.55. The fourth-order valence-corrected chi connectivity index (χ4v) is 6.67. The molecular formula is C27H25NO10. The second kappa shape index (κ2) is 7.95. The molecule has 6 N–H and O–H groups in total. The molecule has 0 saturated heterocycles. The van der Waals surface area contributed by atoms with Gasteiger partial charge in [0.1, 0.15) is 23.5 Å². The summed E-state index contributed by atoms with van der Waals surface area (Å²) in [5.74, 6) is -7.08. The van der Waals surface area contributed by atoms with E-state index in [-0.39, 0.29) is 29.7 Å². The van der Waals surface area contributed by atoms with Crippen LogP contribution in [-0.4, -0.2) is 63.8 Å². The number of Topliss-reactive ketones (excluding diaryl/α,β-unsaturated/α-hetero) is 2. The molecule has 0 spiro atoms. The van der Waals surface area contributed by atoms with Crippen molar-refractivity contribution < 1.29 is 49.0 Å². The minimum absolute atomic E-state index is 0.0449. The van der Waals surface area contributed by atoms with E-state index in [1.165, 1.54) is 20.3 Å². The number of nitrogens with two attached hydrogens (primary N) is 1. The van der Waals surface area contributed by atoms with E-state index in [0.29, 0.717) is 33.9 Å². The van der Waals surface area contributed by atoms with Crippen LogP contribution in [0, 0.1) is 17.8 Å². The summed E-state index contributed by atoms with van der Waals surface area (Å²) in [4.78, 5) is 39.0. The van der Waals surface area contributed by atoms with Crippen molar-refractivity contribution in [3.05, 3.63) is 41.0 Å². The fraction of sp³-hybridized carbons (Fsp3) is 0.370. The van der Waals surface area contributed by atoms with Crippen LogP contribution in [-0.2, 0) is 14.4 Å². The van der Waals surface area contributed by atoms with Crippen LogP contribution >= 0.6 is 0 Å². The largest absolute Gasteiger partial charge is 0.507 e. The topological polar surface area (TPSA) is 186 Å². The van der Waals surface area contributed by atoms with Crippen molar-refractivity contribution in [1.29, 1.82) is 0 Å². The highest BCUT2D eigenvalue weighted by molar-refractivity contribution is 6.25. The molecule has 11 heteroatoms. The summed E-state index contributed by atoms with van der Waals surface area (Å²) in [7, 11) is 2.92. The van der Waals surface area contributed by atoms with Crippen LogP contribution in [0.4, 0.5) is 0 Å². The van der Waals surface area contributed by atoms with Gasteiger partial charge in [-0.1, -0.05) is 6.07 Å². The predicted octanol–water partition coefficient (Wildman–Crippen LogP) is 1.16. The second-order valence-corrected chi connectivity index (χ2v) is 10.1. The summed E-state index contributed by atoms with van der Waals surface area (Å²) in [6.45, 7) is 0. The van der Waals surface area contributed by atoms with E-state index in [2.05, 4.69) is 0 Å². The Kier molecular flexibility index (Phi) is 5.08. The average molecular weight is 523 g/mol. The SMILES string of the molecule is COc1ccc2c(c1OC)OC1c3c-2ccc(O)c3C(O)=C2C(=O)[C@]3(O)C(=O)C(C(N)=O)C(O)C[C@@H]3C[C@@H]21. The molecule has 3 aliphatic carbocycles. The molecule has 3 unspecified atom stereocenters. The molecule has 11 nitrogen and oxygen atoms in total. The van der Waals surface area contributed by atoms with Crippen LogP contribution in [0.15, 0.2) is 29.8 Å². The van der Waals surface area contributed by atoms with Crippen LogP contribution in [0.1, 0.15) is 30.1 Å². The standard InChI is InChI=1S/C27H25NO10/c1-36-15-6-4-11-10-3-5-13(29)18-16(10)21(38-22(11)23(15)37-2)12-7-9-8-14(30)19(26(28)34)25(33)27(9,35)24(32)17(12)20(18)31/h3-6,9,12,14,19,21,29-31,35H,7-8H2,1-2H3,(H2,28,34)/t9-,12-,14?,19?,21?,27-/m0/s1. The Morgan fingerprint density at radius 1 is 1.08 bits per heavy atom. The molecular weight excluding hydrogens is 498 g/mol. The van der Waals surface area contributed by atoms with Crippen LogP contribution in [0.25, 0.3) is 16.9 Å². The summed E-state index contributed by atoms with van der Waals surface area (Å²) < 4.78 is 17.4. The van der Waals surface area contributed by atoms with E-state index in [1.54, 1.807) is 18.2 Å². The molecule has 4 aliphatic rings. The highest BCUT2D eigenvalue weighted by Crippen LogP contribution is 2.61. The molecule has 6 atom stereocenters. The summed E-state index contributed by atoms with van der Waals surface area (Å²) in [6.07, 6.45) is -2.70. The monoisotopic (exact) mass is 523 g/mol. The van der Waals surface area contributed by atoms with Crippen molar-refractivity contribution in [2.24, 2.45) is 23.5 Å². The Morgan fingerprint density at radius 2 is 1.79 bits per heavy atom. The molecule has 0 bridgehead atoms. The number of carbonyl (C=O) groups is 3. The number of carbonyl (C=O) groups excluding carboxylic acids is 3. The van der Waals surface area contributed by atoms with Crippen LogP contribution in [0.3, 0.4) is 0 Å². The highest BCUT2D eigenvalue weighted by Gasteiger charge is 2.65.